The highest BCUT2D eigenvalue weighted by atomic mass is 19.1. The molecule has 17 heavy (non-hydrogen) atoms. The summed E-state index contributed by atoms with van der Waals surface area (Å²) in [5, 5.41) is 3.05. The van der Waals surface area contributed by atoms with Crippen LogP contribution in [0.4, 0.5) is 8.78 Å². The Bertz CT molecular complexity index is 482. The van der Waals surface area contributed by atoms with Crippen LogP contribution in [0.1, 0.15) is 17.2 Å². The number of halogens is 2. The first-order chi connectivity index (χ1) is 8.20. The van der Waals surface area contributed by atoms with Gasteiger partial charge < -0.3 is 9.73 Å². The second-order valence-electron chi connectivity index (χ2n) is 3.84. The second-order valence-corrected chi connectivity index (χ2v) is 3.84. The van der Waals surface area contributed by atoms with Gasteiger partial charge in [0.2, 0.25) is 0 Å². The van der Waals surface area contributed by atoms with E-state index in [9.17, 15) is 8.78 Å². The molecule has 1 atom stereocenters. The van der Waals surface area contributed by atoms with E-state index in [1.54, 1.807) is 25.6 Å². The molecule has 0 fully saturated rings. The molecule has 2 aromatic rings. The summed E-state index contributed by atoms with van der Waals surface area (Å²) in [6, 6.07) is 5.20. The van der Waals surface area contributed by atoms with Crippen LogP contribution in [0.15, 0.2) is 41.2 Å². The van der Waals surface area contributed by atoms with E-state index < -0.39 is 11.6 Å². The standard InChI is InChI=1S/C13H13F2NO/c1-16-13(9-4-5-17-8-9)7-10-6-11(14)2-3-12(10)15/h2-6,8,13,16H,7H2,1H3. The van der Waals surface area contributed by atoms with Gasteiger partial charge in [0, 0.05) is 11.6 Å². The molecule has 0 aliphatic carbocycles. The first kappa shape index (κ1) is 11.8. The van der Waals surface area contributed by atoms with E-state index in [0.717, 1.165) is 17.7 Å². The Balaban J connectivity index is 2.21. The maximum Gasteiger partial charge on any atom is 0.126 e. The lowest BCUT2D eigenvalue weighted by molar-refractivity contribution is 0.527. The topological polar surface area (TPSA) is 25.2 Å². The van der Waals surface area contributed by atoms with Gasteiger partial charge >= 0.3 is 0 Å². The van der Waals surface area contributed by atoms with Crippen LogP contribution in [0.3, 0.4) is 0 Å². The molecule has 0 bridgehead atoms. The quantitative estimate of drug-likeness (QED) is 0.884. The molecule has 0 aliphatic heterocycles. The Kier molecular flexibility index (Phi) is 3.54. The molecule has 0 saturated heterocycles. The first-order valence-corrected chi connectivity index (χ1v) is 5.34. The number of likely N-dealkylation sites (N-methyl/N-ethyl adjacent to an activating group) is 1. The van der Waals surface area contributed by atoms with Crippen LogP contribution in [-0.2, 0) is 6.42 Å². The van der Waals surface area contributed by atoms with Crippen LogP contribution >= 0.6 is 0 Å². The molecule has 0 spiro atoms. The lowest BCUT2D eigenvalue weighted by atomic mass is 10.0. The number of furan rings is 1. The number of rotatable bonds is 4. The van der Waals surface area contributed by atoms with Gasteiger partial charge in [-0.05, 0) is 43.3 Å². The molecular weight excluding hydrogens is 224 g/mol. The SMILES string of the molecule is CNC(Cc1cc(F)ccc1F)c1ccoc1. The van der Waals surface area contributed by atoms with Gasteiger partial charge in [0.15, 0.2) is 0 Å². The fraction of sp³-hybridized carbons (Fsp3) is 0.231. The molecule has 0 saturated carbocycles. The van der Waals surface area contributed by atoms with Gasteiger partial charge in [0.05, 0.1) is 12.5 Å². The number of hydrogen-bond acceptors (Lipinski definition) is 2. The Hall–Kier alpha value is -1.68. The predicted molar refractivity (Wildman–Crippen MR) is 60.6 cm³/mol. The van der Waals surface area contributed by atoms with Crippen molar-refractivity contribution in [3.05, 3.63) is 59.6 Å². The molecule has 4 heteroatoms. The third-order valence-corrected chi connectivity index (χ3v) is 2.73. The van der Waals surface area contributed by atoms with Crippen LogP contribution in [0, 0.1) is 11.6 Å². The maximum absolute atomic E-state index is 13.5. The van der Waals surface area contributed by atoms with Crippen molar-refractivity contribution >= 4 is 0 Å². The van der Waals surface area contributed by atoms with Crippen LogP contribution in [0.25, 0.3) is 0 Å². The minimum atomic E-state index is -0.427. The number of nitrogens with one attached hydrogen (secondary N) is 1. The Labute approximate surface area is 98.3 Å². The van der Waals surface area contributed by atoms with Crippen molar-refractivity contribution in [3.8, 4) is 0 Å². The highest BCUT2D eigenvalue weighted by molar-refractivity contribution is 5.23. The fourth-order valence-corrected chi connectivity index (χ4v) is 1.78. The number of hydrogen-bond donors (Lipinski definition) is 1. The average Bonchev–Trinajstić information content (AvgIpc) is 2.84. The van der Waals surface area contributed by atoms with E-state index in [-0.39, 0.29) is 6.04 Å². The second kappa shape index (κ2) is 5.10. The van der Waals surface area contributed by atoms with Crippen molar-refractivity contribution in [1.29, 1.82) is 0 Å². The van der Waals surface area contributed by atoms with Crippen molar-refractivity contribution in [2.75, 3.05) is 7.05 Å². The third kappa shape index (κ3) is 2.71. The van der Waals surface area contributed by atoms with E-state index in [4.69, 9.17) is 4.42 Å². The molecular formula is C13H13F2NO. The minimum absolute atomic E-state index is 0.0925. The van der Waals surface area contributed by atoms with E-state index in [0.29, 0.717) is 12.0 Å². The molecule has 2 nitrogen and oxygen atoms in total. The smallest absolute Gasteiger partial charge is 0.126 e. The minimum Gasteiger partial charge on any atom is -0.472 e. The van der Waals surface area contributed by atoms with Gasteiger partial charge in [-0.2, -0.15) is 0 Å². The van der Waals surface area contributed by atoms with Gasteiger partial charge in [0.25, 0.3) is 0 Å². The number of benzene rings is 1. The summed E-state index contributed by atoms with van der Waals surface area (Å²) in [5.74, 6) is -0.821. The normalized spacial score (nSPS) is 12.6. The van der Waals surface area contributed by atoms with E-state index in [2.05, 4.69) is 5.32 Å². The molecule has 1 aromatic heterocycles. The zero-order valence-electron chi connectivity index (χ0n) is 9.41. The third-order valence-electron chi connectivity index (χ3n) is 2.73. The van der Waals surface area contributed by atoms with Gasteiger partial charge in [0.1, 0.15) is 11.6 Å². The van der Waals surface area contributed by atoms with Gasteiger partial charge in [-0.3, -0.25) is 0 Å². The zero-order valence-corrected chi connectivity index (χ0v) is 9.41. The Morgan fingerprint density at radius 2 is 2.12 bits per heavy atom. The Morgan fingerprint density at radius 3 is 2.76 bits per heavy atom. The molecule has 1 aromatic carbocycles. The molecule has 1 heterocycles. The average molecular weight is 237 g/mol. The molecule has 0 aliphatic rings. The largest absolute Gasteiger partial charge is 0.472 e. The van der Waals surface area contributed by atoms with Crippen LogP contribution in [0.5, 0.6) is 0 Å². The van der Waals surface area contributed by atoms with Crippen molar-refractivity contribution in [2.45, 2.75) is 12.5 Å². The molecule has 2 rings (SSSR count). The van der Waals surface area contributed by atoms with Crippen molar-refractivity contribution < 1.29 is 13.2 Å². The lowest BCUT2D eigenvalue weighted by Crippen LogP contribution is -2.18. The van der Waals surface area contributed by atoms with Gasteiger partial charge in [-0.25, -0.2) is 8.78 Å². The highest BCUT2D eigenvalue weighted by Crippen LogP contribution is 2.20. The summed E-state index contributed by atoms with van der Waals surface area (Å²) in [4.78, 5) is 0. The van der Waals surface area contributed by atoms with Gasteiger partial charge in [-0.15, -0.1) is 0 Å². The molecule has 90 valence electrons. The molecule has 1 unspecified atom stereocenters. The molecule has 1 N–H and O–H groups in total. The summed E-state index contributed by atoms with van der Waals surface area (Å²) in [6.45, 7) is 0. The van der Waals surface area contributed by atoms with Crippen molar-refractivity contribution in [2.24, 2.45) is 0 Å². The molecule has 0 amide bonds. The summed E-state index contributed by atoms with van der Waals surface area (Å²) >= 11 is 0. The summed E-state index contributed by atoms with van der Waals surface area (Å²) in [7, 11) is 1.77. The zero-order chi connectivity index (χ0) is 12.3. The molecule has 0 radical (unpaired) electrons. The van der Waals surface area contributed by atoms with E-state index in [1.165, 1.54) is 6.07 Å². The Morgan fingerprint density at radius 1 is 1.29 bits per heavy atom. The first-order valence-electron chi connectivity index (χ1n) is 5.34. The van der Waals surface area contributed by atoms with E-state index in [1.807, 2.05) is 0 Å². The van der Waals surface area contributed by atoms with Crippen molar-refractivity contribution in [3.63, 3.8) is 0 Å². The van der Waals surface area contributed by atoms with Crippen molar-refractivity contribution in [1.82, 2.24) is 5.32 Å². The van der Waals surface area contributed by atoms with Crippen LogP contribution in [-0.4, -0.2) is 7.05 Å². The summed E-state index contributed by atoms with van der Waals surface area (Å²) in [5.41, 5.74) is 1.27. The van der Waals surface area contributed by atoms with Crippen LogP contribution in [0.2, 0.25) is 0 Å². The summed E-state index contributed by atoms with van der Waals surface area (Å²) in [6.07, 6.45) is 3.53. The monoisotopic (exact) mass is 237 g/mol. The fourth-order valence-electron chi connectivity index (χ4n) is 1.78. The van der Waals surface area contributed by atoms with Crippen LogP contribution < -0.4 is 5.32 Å². The summed E-state index contributed by atoms with van der Waals surface area (Å²) < 4.78 is 31.5. The highest BCUT2D eigenvalue weighted by Gasteiger charge is 2.14. The predicted octanol–water partition coefficient (Wildman–Crippen LogP) is 3.06. The van der Waals surface area contributed by atoms with E-state index >= 15 is 0 Å². The van der Waals surface area contributed by atoms with Gasteiger partial charge in [-0.1, -0.05) is 0 Å². The lowest BCUT2D eigenvalue weighted by Gasteiger charge is -2.14. The maximum atomic E-state index is 13.5.